The smallest absolute Gasteiger partial charge is 0.272 e. The van der Waals surface area contributed by atoms with Crippen molar-refractivity contribution in [2.24, 2.45) is 4.99 Å². The fourth-order valence-corrected chi connectivity index (χ4v) is 1.84. The van der Waals surface area contributed by atoms with Crippen molar-refractivity contribution < 1.29 is 17.9 Å². The number of hydrogen-bond acceptors (Lipinski definition) is 4. The Hall–Kier alpha value is -1.08. The summed E-state index contributed by atoms with van der Waals surface area (Å²) in [7, 11) is 1.60. The summed E-state index contributed by atoms with van der Waals surface area (Å²) in [6.07, 6.45) is -2.68. The molecule has 0 saturated carbocycles. The van der Waals surface area contributed by atoms with Crippen LogP contribution in [0.2, 0.25) is 5.02 Å². The summed E-state index contributed by atoms with van der Waals surface area (Å²) in [6.45, 7) is 2.45. The van der Waals surface area contributed by atoms with E-state index >= 15 is 0 Å². The molecule has 1 rings (SSSR count). The minimum absolute atomic E-state index is 0.101. The highest BCUT2D eigenvalue weighted by atomic mass is 35.5. The molecule has 0 amide bonds. The molecule has 0 aliphatic heterocycles. The van der Waals surface area contributed by atoms with Gasteiger partial charge in [0.2, 0.25) is 0 Å². The number of benzene rings is 1. The van der Waals surface area contributed by atoms with E-state index in [9.17, 15) is 13.2 Å². The SMILES string of the molecule is C=Nc1c(OCC(F)F)cc(F)c(Cl)c1N(C)CS. The highest BCUT2D eigenvalue weighted by Crippen LogP contribution is 2.44. The summed E-state index contributed by atoms with van der Waals surface area (Å²) in [6, 6.07) is 0.907. The molecule has 0 aliphatic carbocycles. The first-order valence-electron chi connectivity index (χ1n) is 5.14. The Bertz CT molecular complexity index is 474. The van der Waals surface area contributed by atoms with Gasteiger partial charge < -0.3 is 9.64 Å². The average Bonchev–Trinajstić information content (AvgIpc) is 2.38. The molecule has 8 heteroatoms. The molecular weight excluding hydrogens is 301 g/mol. The predicted octanol–water partition coefficient (Wildman–Crippen LogP) is 3.78. The molecule has 0 atom stereocenters. The molecule has 1 aromatic rings. The van der Waals surface area contributed by atoms with Gasteiger partial charge in [-0.3, -0.25) is 4.99 Å². The molecule has 1 aromatic carbocycles. The van der Waals surface area contributed by atoms with Crippen molar-refractivity contribution in [1.82, 2.24) is 0 Å². The van der Waals surface area contributed by atoms with E-state index in [1.54, 1.807) is 7.05 Å². The van der Waals surface area contributed by atoms with Crippen molar-refractivity contribution in [3.05, 3.63) is 16.9 Å². The van der Waals surface area contributed by atoms with Crippen molar-refractivity contribution in [2.45, 2.75) is 6.43 Å². The van der Waals surface area contributed by atoms with Gasteiger partial charge in [-0.1, -0.05) is 11.6 Å². The van der Waals surface area contributed by atoms with Crippen LogP contribution >= 0.6 is 24.2 Å². The molecule has 0 bridgehead atoms. The lowest BCUT2D eigenvalue weighted by molar-refractivity contribution is 0.0820. The summed E-state index contributed by atoms with van der Waals surface area (Å²) in [4.78, 5) is 5.17. The third-order valence-electron chi connectivity index (χ3n) is 2.25. The lowest BCUT2D eigenvalue weighted by atomic mass is 10.2. The van der Waals surface area contributed by atoms with Crippen LogP contribution in [0.4, 0.5) is 24.5 Å². The largest absolute Gasteiger partial charge is 0.485 e. The zero-order valence-electron chi connectivity index (χ0n) is 10.0. The van der Waals surface area contributed by atoms with Crippen molar-refractivity contribution in [3.8, 4) is 5.75 Å². The molecule has 106 valence electrons. The van der Waals surface area contributed by atoms with Gasteiger partial charge in [0.1, 0.15) is 28.9 Å². The fraction of sp³-hybridized carbons (Fsp3) is 0.364. The molecule has 0 aliphatic rings. The molecule has 0 heterocycles. The molecule has 0 N–H and O–H groups in total. The van der Waals surface area contributed by atoms with Crippen LogP contribution in [0.3, 0.4) is 0 Å². The minimum atomic E-state index is -2.68. The molecular formula is C11H12ClF3N2OS. The van der Waals surface area contributed by atoms with E-state index < -0.39 is 18.8 Å². The third kappa shape index (κ3) is 3.70. The summed E-state index contributed by atoms with van der Waals surface area (Å²) in [5.74, 6) is -0.706. The van der Waals surface area contributed by atoms with Crippen molar-refractivity contribution in [3.63, 3.8) is 0 Å². The first-order chi connectivity index (χ1) is 8.92. The number of alkyl halides is 2. The fourth-order valence-electron chi connectivity index (χ4n) is 1.42. The van der Waals surface area contributed by atoms with Gasteiger partial charge in [-0.25, -0.2) is 13.2 Å². The van der Waals surface area contributed by atoms with E-state index in [2.05, 4.69) is 24.3 Å². The molecule has 0 aromatic heterocycles. The van der Waals surface area contributed by atoms with Crippen molar-refractivity contribution in [1.29, 1.82) is 0 Å². The van der Waals surface area contributed by atoms with Crippen LogP contribution in [-0.2, 0) is 0 Å². The second-order valence-corrected chi connectivity index (χ2v) is 4.23. The third-order valence-corrected chi connectivity index (χ3v) is 3.03. The Morgan fingerprint density at radius 3 is 2.68 bits per heavy atom. The highest BCUT2D eigenvalue weighted by Gasteiger charge is 2.21. The van der Waals surface area contributed by atoms with Gasteiger partial charge in [0.15, 0.2) is 0 Å². The van der Waals surface area contributed by atoms with Crippen LogP contribution in [0.15, 0.2) is 11.1 Å². The summed E-state index contributed by atoms with van der Waals surface area (Å²) < 4.78 is 42.8. The van der Waals surface area contributed by atoms with E-state index in [4.69, 9.17) is 16.3 Å². The van der Waals surface area contributed by atoms with Gasteiger partial charge in [-0.05, 0) is 6.72 Å². The maximum atomic E-state index is 13.7. The number of thiol groups is 1. The van der Waals surface area contributed by atoms with Gasteiger partial charge in [0.25, 0.3) is 6.43 Å². The highest BCUT2D eigenvalue weighted by molar-refractivity contribution is 7.80. The second kappa shape index (κ2) is 6.91. The number of anilines is 1. The number of aliphatic imine (C=N–C) groups is 1. The van der Waals surface area contributed by atoms with Gasteiger partial charge in [-0.15, -0.1) is 0 Å². The quantitative estimate of drug-likeness (QED) is 0.491. The molecule has 0 saturated heterocycles. The molecule has 19 heavy (non-hydrogen) atoms. The molecule has 3 nitrogen and oxygen atoms in total. The van der Waals surface area contributed by atoms with Gasteiger partial charge in [0, 0.05) is 13.1 Å². The molecule has 0 radical (unpaired) electrons. The summed E-state index contributed by atoms with van der Waals surface area (Å²) >= 11 is 9.88. The van der Waals surface area contributed by atoms with E-state index in [1.165, 1.54) is 4.90 Å². The monoisotopic (exact) mass is 312 g/mol. The van der Waals surface area contributed by atoms with E-state index in [1.807, 2.05) is 0 Å². The van der Waals surface area contributed by atoms with Crippen molar-refractivity contribution in [2.75, 3.05) is 24.4 Å². The average molecular weight is 313 g/mol. The molecule has 0 fully saturated rings. The standard InChI is InChI=1S/C11H12ClF3N2OS/c1-16-10-7(18-4-8(14)15)3-6(13)9(12)11(10)17(2)5-19/h3,8,19H,1,4-5H2,2H3. The first kappa shape index (κ1) is 16.0. The van der Waals surface area contributed by atoms with E-state index in [0.717, 1.165) is 6.07 Å². The Kier molecular flexibility index (Phi) is 5.81. The van der Waals surface area contributed by atoms with Crippen LogP contribution < -0.4 is 9.64 Å². The van der Waals surface area contributed by atoms with Crippen LogP contribution in [0, 0.1) is 5.82 Å². The van der Waals surface area contributed by atoms with E-state index in [-0.39, 0.29) is 28.0 Å². The zero-order chi connectivity index (χ0) is 14.6. The van der Waals surface area contributed by atoms with Gasteiger partial charge >= 0.3 is 0 Å². The van der Waals surface area contributed by atoms with Gasteiger partial charge in [-0.2, -0.15) is 12.6 Å². The van der Waals surface area contributed by atoms with Crippen molar-refractivity contribution >= 4 is 42.3 Å². The Morgan fingerprint density at radius 1 is 1.58 bits per heavy atom. The predicted molar refractivity (Wildman–Crippen MR) is 74.4 cm³/mol. The Morgan fingerprint density at radius 2 is 2.21 bits per heavy atom. The summed E-state index contributed by atoms with van der Waals surface area (Å²) in [5.41, 5.74) is 0.291. The number of ether oxygens (including phenoxy) is 1. The molecule has 0 spiro atoms. The Balaban J connectivity index is 3.32. The zero-order valence-corrected chi connectivity index (χ0v) is 11.7. The normalized spacial score (nSPS) is 10.7. The maximum absolute atomic E-state index is 13.7. The Labute approximate surface area is 119 Å². The number of halogens is 4. The molecule has 0 unspecified atom stereocenters. The first-order valence-corrected chi connectivity index (χ1v) is 6.15. The van der Waals surface area contributed by atoms with Gasteiger partial charge in [0.05, 0.1) is 11.6 Å². The van der Waals surface area contributed by atoms with Crippen LogP contribution in [-0.4, -0.2) is 32.7 Å². The number of nitrogens with zero attached hydrogens (tertiary/aromatic N) is 2. The number of rotatable bonds is 6. The van der Waals surface area contributed by atoms with Crippen LogP contribution in [0.5, 0.6) is 5.75 Å². The van der Waals surface area contributed by atoms with Crippen LogP contribution in [0.25, 0.3) is 0 Å². The van der Waals surface area contributed by atoms with Crippen LogP contribution in [0.1, 0.15) is 0 Å². The minimum Gasteiger partial charge on any atom is -0.485 e. The maximum Gasteiger partial charge on any atom is 0.272 e. The lowest BCUT2D eigenvalue weighted by Crippen LogP contribution is -2.16. The topological polar surface area (TPSA) is 24.8 Å². The number of hydrogen-bond donors (Lipinski definition) is 1. The van der Waals surface area contributed by atoms with E-state index in [0.29, 0.717) is 0 Å². The lowest BCUT2D eigenvalue weighted by Gasteiger charge is -2.22. The summed E-state index contributed by atoms with van der Waals surface area (Å²) in [5, 5.41) is -0.191. The second-order valence-electron chi connectivity index (χ2n) is 3.57.